The van der Waals surface area contributed by atoms with E-state index in [1.165, 1.54) is 0 Å². The van der Waals surface area contributed by atoms with Crippen LogP contribution < -0.4 is 14.4 Å². The van der Waals surface area contributed by atoms with Gasteiger partial charge in [-0.1, -0.05) is 0 Å². The number of nitrogens with zero attached hydrogens (tertiary/aromatic N) is 2. The van der Waals surface area contributed by atoms with Gasteiger partial charge >= 0.3 is 5.97 Å². The highest BCUT2D eigenvalue weighted by Gasteiger charge is 2.08. The van der Waals surface area contributed by atoms with Gasteiger partial charge < -0.3 is 14.4 Å². The minimum Gasteiger partial charge on any atom is -0.497 e. The van der Waals surface area contributed by atoms with Crippen molar-refractivity contribution in [2.45, 2.75) is 0 Å². The van der Waals surface area contributed by atoms with Crippen LogP contribution in [0.3, 0.4) is 0 Å². The molecule has 0 aliphatic carbocycles. The zero-order chi connectivity index (χ0) is 19.9. The number of aliphatic imine (C=N–C) groups is 1. The van der Waals surface area contributed by atoms with Gasteiger partial charge in [-0.15, -0.1) is 0 Å². The van der Waals surface area contributed by atoms with Crippen LogP contribution >= 0.6 is 0 Å². The van der Waals surface area contributed by atoms with E-state index < -0.39 is 0 Å². The maximum absolute atomic E-state index is 12.3. The van der Waals surface area contributed by atoms with Gasteiger partial charge in [-0.05, 0) is 78.4 Å². The molecule has 28 heavy (non-hydrogen) atoms. The summed E-state index contributed by atoms with van der Waals surface area (Å²) in [5.41, 5.74) is 3.27. The molecule has 5 nitrogen and oxygen atoms in total. The van der Waals surface area contributed by atoms with Crippen LogP contribution in [0.1, 0.15) is 15.9 Å². The lowest BCUT2D eigenvalue weighted by Gasteiger charge is -2.12. The number of benzene rings is 3. The standard InChI is InChI=1S/C23H22N2O3/c1-25(2)20-10-6-18(7-11-20)23(26)28-22-12-4-17(5-13-22)16-24-19-8-14-21(27-3)15-9-19/h4-16H,1-3H3. The number of carbonyl (C=O) groups excluding carboxylic acids is 1. The van der Waals surface area contributed by atoms with E-state index >= 15 is 0 Å². The van der Waals surface area contributed by atoms with Crippen molar-refractivity contribution in [3.05, 3.63) is 83.9 Å². The van der Waals surface area contributed by atoms with Gasteiger partial charge in [-0.3, -0.25) is 4.99 Å². The van der Waals surface area contributed by atoms with E-state index in [0.717, 1.165) is 22.7 Å². The van der Waals surface area contributed by atoms with Crippen LogP contribution in [0.5, 0.6) is 11.5 Å². The molecule has 5 heteroatoms. The molecule has 0 aliphatic heterocycles. The Morgan fingerprint density at radius 1 is 0.857 bits per heavy atom. The molecular formula is C23H22N2O3. The lowest BCUT2D eigenvalue weighted by atomic mass is 10.2. The second-order valence-corrected chi connectivity index (χ2v) is 6.36. The molecule has 3 aromatic carbocycles. The lowest BCUT2D eigenvalue weighted by Crippen LogP contribution is -2.11. The lowest BCUT2D eigenvalue weighted by molar-refractivity contribution is 0.0735. The van der Waals surface area contributed by atoms with Crippen LogP contribution in [0.25, 0.3) is 0 Å². The highest BCUT2D eigenvalue weighted by atomic mass is 16.5. The van der Waals surface area contributed by atoms with Gasteiger partial charge in [-0.2, -0.15) is 0 Å². The molecule has 3 aromatic rings. The highest BCUT2D eigenvalue weighted by molar-refractivity contribution is 5.91. The molecule has 0 saturated carbocycles. The summed E-state index contributed by atoms with van der Waals surface area (Å²) in [7, 11) is 5.53. The molecule has 0 N–H and O–H groups in total. The number of hydrogen-bond acceptors (Lipinski definition) is 5. The van der Waals surface area contributed by atoms with Crippen molar-refractivity contribution in [3.8, 4) is 11.5 Å². The van der Waals surface area contributed by atoms with Crippen LogP contribution in [0.4, 0.5) is 11.4 Å². The van der Waals surface area contributed by atoms with Crippen LogP contribution in [-0.2, 0) is 0 Å². The van der Waals surface area contributed by atoms with Crippen molar-refractivity contribution in [2.24, 2.45) is 4.99 Å². The fourth-order valence-corrected chi connectivity index (χ4v) is 2.50. The summed E-state index contributed by atoms with van der Waals surface area (Å²) in [6, 6.07) is 22.0. The number of methoxy groups -OCH3 is 1. The monoisotopic (exact) mass is 374 g/mol. The van der Waals surface area contributed by atoms with E-state index in [9.17, 15) is 4.79 Å². The number of hydrogen-bond donors (Lipinski definition) is 0. The summed E-state index contributed by atoms with van der Waals surface area (Å²) in [6.07, 6.45) is 1.76. The van der Waals surface area contributed by atoms with E-state index in [4.69, 9.17) is 9.47 Å². The van der Waals surface area contributed by atoms with Gasteiger partial charge in [0.05, 0.1) is 18.4 Å². The van der Waals surface area contributed by atoms with Gasteiger partial charge in [-0.25, -0.2) is 4.79 Å². The molecule has 0 aromatic heterocycles. The van der Waals surface area contributed by atoms with Crippen LogP contribution in [0.2, 0.25) is 0 Å². The molecule has 0 spiro atoms. The fraction of sp³-hybridized carbons (Fsp3) is 0.130. The Kier molecular flexibility index (Phi) is 6.07. The second-order valence-electron chi connectivity index (χ2n) is 6.36. The Bertz CT molecular complexity index is 945. The topological polar surface area (TPSA) is 51.1 Å². The van der Waals surface area contributed by atoms with E-state index in [0.29, 0.717) is 11.3 Å². The first-order valence-electron chi connectivity index (χ1n) is 8.83. The Morgan fingerprint density at radius 2 is 1.46 bits per heavy atom. The summed E-state index contributed by atoms with van der Waals surface area (Å²) in [6.45, 7) is 0. The summed E-state index contributed by atoms with van der Waals surface area (Å²) in [5, 5.41) is 0. The fourth-order valence-electron chi connectivity index (χ4n) is 2.50. The normalized spacial score (nSPS) is 10.7. The SMILES string of the molecule is COc1ccc(N=Cc2ccc(OC(=O)c3ccc(N(C)C)cc3)cc2)cc1. The Morgan fingerprint density at radius 3 is 2.04 bits per heavy atom. The number of rotatable bonds is 6. The van der Waals surface area contributed by atoms with Crippen molar-refractivity contribution in [3.63, 3.8) is 0 Å². The zero-order valence-electron chi connectivity index (χ0n) is 16.1. The van der Waals surface area contributed by atoms with Crippen molar-refractivity contribution < 1.29 is 14.3 Å². The Labute approximate surface area is 164 Å². The summed E-state index contributed by atoms with van der Waals surface area (Å²) >= 11 is 0. The summed E-state index contributed by atoms with van der Waals surface area (Å²) < 4.78 is 10.6. The summed E-state index contributed by atoms with van der Waals surface area (Å²) in [4.78, 5) is 18.7. The quantitative estimate of drug-likeness (QED) is 0.356. The largest absolute Gasteiger partial charge is 0.497 e. The number of carbonyl (C=O) groups is 1. The molecule has 0 amide bonds. The maximum Gasteiger partial charge on any atom is 0.343 e. The molecule has 0 atom stereocenters. The minimum absolute atomic E-state index is 0.384. The number of ether oxygens (including phenoxy) is 2. The molecule has 142 valence electrons. The molecule has 0 unspecified atom stereocenters. The molecule has 3 rings (SSSR count). The first-order chi connectivity index (χ1) is 13.5. The van der Waals surface area contributed by atoms with Crippen molar-refractivity contribution >= 4 is 23.6 Å². The predicted octanol–water partition coefficient (Wildman–Crippen LogP) is 4.73. The number of esters is 1. The van der Waals surface area contributed by atoms with Gasteiger partial charge in [0.15, 0.2) is 0 Å². The van der Waals surface area contributed by atoms with E-state index in [1.54, 1.807) is 37.6 Å². The average Bonchev–Trinajstić information content (AvgIpc) is 2.73. The second kappa shape index (κ2) is 8.86. The van der Waals surface area contributed by atoms with Crippen LogP contribution in [-0.4, -0.2) is 33.4 Å². The third-order valence-electron chi connectivity index (χ3n) is 4.15. The predicted molar refractivity (Wildman–Crippen MR) is 112 cm³/mol. The zero-order valence-corrected chi connectivity index (χ0v) is 16.1. The number of anilines is 1. The molecular weight excluding hydrogens is 352 g/mol. The summed E-state index contributed by atoms with van der Waals surface area (Å²) in [5.74, 6) is 0.898. The smallest absolute Gasteiger partial charge is 0.343 e. The average molecular weight is 374 g/mol. The Hall–Kier alpha value is -3.60. The van der Waals surface area contributed by atoms with Gasteiger partial charge in [0.2, 0.25) is 0 Å². The maximum atomic E-state index is 12.3. The highest BCUT2D eigenvalue weighted by Crippen LogP contribution is 2.19. The minimum atomic E-state index is -0.384. The van der Waals surface area contributed by atoms with Crippen molar-refractivity contribution in [2.75, 3.05) is 26.1 Å². The third kappa shape index (κ3) is 4.98. The molecule has 0 aliphatic rings. The molecule has 0 saturated heterocycles. The van der Waals surface area contributed by atoms with Gasteiger partial charge in [0, 0.05) is 26.0 Å². The van der Waals surface area contributed by atoms with Gasteiger partial charge in [0.25, 0.3) is 0 Å². The third-order valence-corrected chi connectivity index (χ3v) is 4.15. The van der Waals surface area contributed by atoms with E-state index in [1.807, 2.05) is 67.5 Å². The van der Waals surface area contributed by atoms with Crippen molar-refractivity contribution in [1.82, 2.24) is 0 Å². The Balaban J connectivity index is 1.61. The molecule has 0 heterocycles. The van der Waals surface area contributed by atoms with Crippen molar-refractivity contribution in [1.29, 1.82) is 0 Å². The van der Waals surface area contributed by atoms with Crippen LogP contribution in [0, 0.1) is 0 Å². The molecule has 0 fully saturated rings. The molecule has 0 bridgehead atoms. The first-order valence-corrected chi connectivity index (χ1v) is 8.83. The van der Waals surface area contributed by atoms with E-state index in [-0.39, 0.29) is 5.97 Å². The van der Waals surface area contributed by atoms with Gasteiger partial charge in [0.1, 0.15) is 11.5 Å². The first kappa shape index (κ1) is 19.2. The molecule has 0 radical (unpaired) electrons. The van der Waals surface area contributed by atoms with Crippen LogP contribution in [0.15, 0.2) is 77.8 Å². The van der Waals surface area contributed by atoms with E-state index in [2.05, 4.69) is 4.99 Å².